The Morgan fingerprint density at radius 1 is 1.33 bits per heavy atom. The van der Waals surface area contributed by atoms with Gasteiger partial charge in [-0.3, -0.25) is 4.79 Å². The molecule has 1 aromatic rings. The number of carbonyl (C=O) groups is 1. The first-order chi connectivity index (χ1) is 9.54. The summed E-state index contributed by atoms with van der Waals surface area (Å²) < 4.78 is 27.8. The molecule has 21 heavy (non-hydrogen) atoms. The number of hydrogen-bond acceptors (Lipinski definition) is 4. The summed E-state index contributed by atoms with van der Waals surface area (Å²) in [6.45, 7) is 3.49. The summed E-state index contributed by atoms with van der Waals surface area (Å²) in [6, 6.07) is 2.34. The molecular formula is C12H16Cl2N2O4S. The van der Waals surface area contributed by atoms with Crippen molar-refractivity contribution in [1.82, 2.24) is 4.90 Å². The molecule has 1 rings (SSSR count). The molecule has 9 heteroatoms. The van der Waals surface area contributed by atoms with Crippen LogP contribution in [0, 0.1) is 0 Å². The Hall–Kier alpha value is -1.02. The van der Waals surface area contributed by atoms with Crippen molar-refractivity contribution in [2.45, 2.75) is 24.8 Å². The van der Waals surface area contributed by atoms with Crippen LogP contribution in [0.1, 0.15) is 13.8 Å². The fourth-order valence-corrected chi connectivity index (χ4v) is 2.74. The Bertz CT molecular complexity index is 647. The van der Waals surface area contributed by atoms with Crippen molar-refractivity contribution >= 4 is 39.1 Å². The van der Waals surface area contributed by atoms with Crippen LogP contribution in [0.25, 0.3) is 0 Å². The van der Waals surface area contributed by atoms with Crippen LogP contribution in [-0.4, -0.2) is 38.9 Å². The molecule has 0 fully saturated rings. The number of likely N-dealkylation sites (N-methyl/N-ethyl adjacent to an activating group) is 1. The number of ether oxygens (including phenoxy) is 1. The normalized spacial score (nSPS) is 11.6. The zero-order valence-electron chi connectivity index (χ0n) is 11.8. The van der Waals surface area contributed by atoms with E-state index < -0.39 is 10.0 Å². The molecule has 0 heterocycles. The SMILES string of the molecule is CC(C)N(C)C(=O)COc1cc(Cl)c(S(N)(=O)=O)cc1Cl. The molecule has 0 atom stereocenters. The minimum Gasteiger partial charge on any atom is -0.482 e. The van der Waals surface area contributed by atoms with Gasteiger partial charge in [-0.2, -0.15) is 0 Å². The van der Waals surface area contributed by atoms with E-state index in [1.807, 2.05) is 13.8 Å². The molecule has 2 N–H and O–H groups in total. The van der Waals surface area contributed by atoms with E-state index in [1.54, 1.807) is 7.05 Å². The van der Waals surface area contributed by atoms with Crippen molar-refractivity contribution in [2.75, 3.05) is 13.7 Å². The summed E-state index contributed by atoms with van der Waals surface area (Å²) in [6.07, 6.45) is 0. The van der Waals surface area contributed by atoms with Crippen molar-refractivity contribution in [1.29, 1.82) is 0 Å². The van der Waals surface area contributed by atoms with Crippen LogP contribution in [-0.2, 0) is 14.8 Å². The van der Waals surface area contributed by atoms with E-state index in [-0.39, 0.29) is 39.2 Å². The molecule has 0 aliphatic carbocycles. The highest BCUT2D eigenvalue weighted by Gasteiger charge is 2.18. The quantitative estimate of drug-likeness (QED) is 0.873. The largest absolute Gasteiger partial charge is 0.482 e. The first kappa shape index (κ1) is 18.0. The smallest absolute Gasteiger partial charge is 0.260 e. The molecule has 0 spiro atoms. The van der Waals surface area contributed by atoms with Gasteiger partial charge in [0.25, 0.3) is 5.91 Å². The zero-order chi connectivity index (χ0) is 16.4. The van der Waals surface area contributed by atoms with Crippen LogP contribution < -0.4 is 9.88 Å². The van der Waals surface area contributed by atoms with Gasteiger partial charge in [0, 0.05) is 19.2 Å². The third-order valence-corrected chi connectivity index (χ3v) is 4.48. The molecule has 0 bridgehead atoms. The average Bonchev–Trinajstić information content (AvgIpc) is 2.36. The van der Waals surface area contributed by atoms with E-state index in [1.165, 1.54) is 11.0 Å². The molecule has 6 nitrogen and oxygen atoms in total. The maximum Gasteiger partial charge on any atom is 0.260 e. The molecule has 0 saturated heterocycles. The molecule has 118 valence electrons. The first-order valence-electron chi connectivity index (χ1n) is 5.94. The minimum absolute atomic E-state index is 0.00317. The van der Waals surface area contributed by atoms with Gasteiger partial charge in [-0.05, 0) is 19.9 Å². The van der Waals surface area contributed by atoms with Gasteiger partial charge in [0.1, 0.15) is 10.6 Å². The summed E-state index contributed by atoms with van der Waals surface area (Å²) in [4.78, 5) is 13.0. The van der Waals surface area contributed by atoms with Gasteiger partial charge in [0.2, 0.25) is 10.0 Å². The lowest BCUT2D eigenvalue weighted by Gasteiger charge is -2.21. The number of hydrogen-bond donors (Lipinski definition) is 1. The van der Waals surface area contributed by atoms with E-state index in [4.69, 9.17) is 33.1 Å². The summed E-state index contributed by atoms with van der Waals surface area (Å²) >= 11 is 11.7. The maximum absolute atomic E-state index is 11.8. The average molecular weight is 355 g/mol. The molecular weight excluding hydrogens is 339 g/mol. The van der Waals surface area contributed by atoms with Crippen molar-refractivity contribution in [3.05, 3.63) is 22.2 Å². The number of halogens is 2. The van der Waals surface area contributed by atoms with Gasteiger partial charge < -0.3 is 9.64 Å². The second-order valence-electron chi connectivity index (χ2n) is 4.65. The lowest BCUT2D eigenvalue weighted by molar-refractivity contribution is -0.133. The molecule has 0 aromatic heterocycles. The van der Waals surface area contributed by atoms with E-state index in [0.717, 1.165) is 6.07 Å². The molecule has 1 amide bonds. The highest BCUT2D eigenvalue weighted by Crippen LogP contribution is 2.33. The topological polar surface area (TPSA) is 89.7 Å². The highest BCUT2D eigenvalue weighted by molar-refractivity contribution is 7.89. The Morgan fingerprint density at radius 2 is 1.90 bits per heavy atom. The van der Waals surface area contributed by atoms with Crippen molar-refractivity contribution in [3.63, 3.8) is 0 Å². The van der Waals surface area contributed by atoms with Crippen LogP contribution in [0.15, 0.2) is 17.0 Å². The van der Waals surface area contributed by atoms with E-state index in [9.17, 15) is 13.2 Å². The monoisotopic (exact) mass is 354 g/mol. The second-order valence-corrected chi connectivity index (χ2v) is 6.99. The predicted octanol–water partition coefficient (Wildman–Crippen LogP) is 1.89. The van der Waals surface area contributed by atoms with E-state index in [2.05, 4.69) is 0 Å². The zero-order valence-corrected chi connectivity index (χ0v) is 14.1. The molecule has 0 radical (unpaired) electrons. The summed E-state index contributed by atoms with van der Waals surface area (Å²) in [7, 11) is -2.33. The van der Waals surface area contributed by atoms with Gasteiger partial charge >= 0.3 is 0 Å². The van der Waals surface area contributed by atoms with Crippen molar-refractivity contribution in [3.8, 4) is 5.75 Å². The summed E-state index contributed by atoms with van der Waals surface area (Å²) in [5.41, 5.74) is 0. The highest BCUT2D eigenvalue weighted by atomic mass is 35.5. The first-order valence-corrected chi connectivity index (χ1v) is 8.24. The second kappa shape index (κ2) is 6.83. The number of rotatable bonds is 5. The number of nitrogens with zero attached hydrogens (tertiary/aromatic N) is 1. The van der Waals surface area contributed by atoms with Gasteiger partial charge in [0.05, 0.1) is 10.0 Å². The van der Waals surface area contributed by atoms with Crippen LogP contribution >= 0.6 is 23.2 Å². The van der Waals surface area contributed by atoms with Crippen LogP contribution in [0.3, 0.4) is 0 Å². The summed E-state index contributed by atoms with van der Waals surface area (Å²) in [5.74, 6) is -0.132. The lowest BCUT2D eigenvalue weighted by Crippen LogP contribution is -2.36. The fourth-order valence-electron chi connectivity index (χ4n) is 1.37. The van der Waals surface area contributed by atoms with E-state index >= 15 is 0 Å². The molecule has 0 saturated carbocycles. The number of nitrogens with two attached hydrogens (primary N) is 1. The van der Waals surface area contributed by atoms with Crippen molar-refractivity contribution in [2.24, 2.45) is 5.14 Å². The third-order valence-electron chi connectivity index (χ3n) is 2.81. The molecule has 0 aliphatic rings. The van der Waals surface area contributed by atoms with E-state index in [0.29, 0.717) is 0 Å². The minimum atomic E-state index is -3.98. The maximum atomic E-state index is 11.8. The number of carbonyl (C=O) groups excluding carboxylic acids is 1. The van der Waals surface area contributed by atoms with Crippen molar-refractivity contribution < 1.29 is 17.9 Å². The van der Waals surface area contributed by atoms with Gasteiger partial charge in [-0.25, -0.2) is 13.6 Å². The Labute approximate surface area is 133 Å². The fraction of sp³-hybridized carbons (Fsp3) is 0.417. The number of benzene rings is 1. The molecule has 1 aromatic carbocycles. The standard InChI is InChI=1S/C12H16Cl2N2O4S/c1-7(2)16(3)12(17)6-20-10-4-9(14)11(5-8(10)13)21(15,18)19/h4-5,7H,6H2,1-3H3,(H2,15,18,19). The third kappa shape index (κ3) is 4.74. The van der Waals surface area contributed by atoms with Gasteiger partial charge in [0.15, 0.2) is 6.61 Å². The number of primary sulfonamides is 1. The predicted molar refractivity (Wildman–Crippen MR) is 81.2 cm³/mol. The molecule has 0 unspecified atom stereocenters. The Morgan fingerprint density at radius 3 is 2.38 bits per heavy atom. The molecule has 0 aliphatic heterocycles. The number of sulfonamides is 1. The van der Waals surface area contributed by atoms with Crippen LogP contribution in [0.2, 0.25) is 10.0 Å². The number of amides is 1. The van der Waals surface area contributed by atoms with Gasteiger partial charge in [-0.15, -0.1) is 0 Å². The summed E-state index contributed by atoms with van der Waals surface area (Å²) in [5, 5.41) is 4.88. The van der Waals surface area contributed by atoms with Gasteiger partial charge in [-0.1, -0.05) is 23.2 Å². The Balaban J connectivity index is 2.92. The van der Waals surface area contributed by atoms with Crippen LogP contribution in [0.5, 0.6) is 5.75 Å². The van der Waals surface area contributed by atoms with Crippen LogP contribution in [0.4, 0.5) is 0 Å². The lowest BCUT2D eigenvalue weighted by atomic mass is 10.3. The Kier molecular flexibility index (Phi) is 5.86.